The normalized spacial score (nSPS) is 21.6. The Morgan fingerprint density at radius 2 is 2.29 bits per heavy atom. The first kappa shape index (κ1) is 12.5. The Hall–Kier alpha value is -0.930. The molecule has 1 saturated heterocycles. The number of nitrogens with one attached hydrogen (secondary N) is 1. The molecule has 0 bridgehead atoms. The Bertz CT molecular complexity index is 309. The Labute approximate surface area is 104 Å². The van der Waals surface area contributed by atoms with Crippen LogP contribution in [-0.4, -0.2) is 30.3 Å². The van der Waals surface area contributed by atoms with Crippen LogP contribution in [0.25, 0.3) is 0 Å². The van der Waals surface area contributed by atoms with Crippen LogP contribution in [0.2, 0.25) is 0 Å². The molecular formula is C14H22N2O. The van der Waals surface area contributed by atoms with Crippen LogP contribution in [0.5, 0.6) is 0 Å². The van der Waals surface area contributed by atoms with Gasteiger partial charge >= 0.3 is 0 Å². The third-order valence-electron chi connectivity index (χ3n) is 3.28. The summed E-state index contributed by atoms with van der Waals surface area (Å²) < 4.78 is 5.81. The van der Waals surface area contributed by atoms with Gasteiger partial charge in [-0.15, -0.1) is 0 Å². The first-order valence-corrected chi connectivity index (χ1v) is 6.64. The van der Waals surface area contributed by atoms with Crippen molar-refractivity contribution in [1.82, 2.24) is 10.3 Å². The van der Waals surface area contributed by atoms with Gasteiger partial charge in [0.15, 0.2) is 0 Å². The fourth-order valence-electron chi connectivity index (χ4n) is 2.36. The van der Waals surface area contributed by atoms with Crippen molar-refractivity contribution in [3.8, 4) is 0 Å². The minimum absolute atomic E-state index is 0.384. The number of hydrogen-bond acceptors (Lipinski definition) is 3. The molecular weight excluding hydrogens is 212 g/mol. The molecule has 3 heteroatoms. The molecule has 1 fully saturated rings. The van der Waals surface area contributed by atoms with Crippen LogP contribution in [0.15, 0.2) is 24.5 Å². The number of pyridine rings is 1. The number of rotatable bonds is 6. The zero-order valence-electron chi connectivity index (χ0n) is 10.6. The third-order valence-corrected chi connectivity index (χ3v) is 3.28. The highest BCUT2D eigenvalue weighted by atomic mass is 16.5. The topological polar surface area (TPSA) is 34.2 Å². The average Bonchev–Trinajstić information content (AvgIpc) is 2.89. The lowest BCUT2D eigenvalue weighted by Crippen LogP contribution is -2.41. The maximum Gasteiger partial charge on any atom is 0.0732 e. The van der Waals surface area contributed by atoms with Crippen LogP contribution in [0.4, 0.5) is 0 Å². The Balaban J connectivity index is 1.94. The largest absolute Gasteiger partial charge is 0.377 e. The number of aromatic nitrogens is 1. The van der Waals surface area contributed by atoms with Gasteiger partial charge in [-0.2, -0.15) is 0 Å². The summed E-state index contributed by atoms with van der Waals surface area (Å²) in [4.78, 5) is 4.06. The number of ether oxygens (including phenoxy) is 1. The summed E-state index contributed by atoms with van der Waals surface area (Å²) in [6.45, 7) is 4.19. The molecule has 2 unspecified atom stereocenters. The summed E-state index contributed by atoms with van der Waals surface area (Å²) in [6, 6.07) is 4.63. The van der Waals surface area contributed by atoms with E-state index < -0.39 is 0 Å². The molecule has 1 aromatic heterocycles. The molecule has 2 atom stereocenters. The molecule has 17 heavy (non-hydrogen) atoms. The van der Waals surface area contributed by atoms with Gasteiger partial charge < -0.3 is 10.1 Å². The Morgan fingerprint density at radius 1 is 1.47 bits per heavy atom. The Kier molecular flexibility index (Phi) is 4.95. The molecule has 1 aliphatic heterocycles. The van der Waals surface area contributed by atoms with E-state index in [1.807, 2.05) is 12.4 Å². The van der Waals surface area contributed by atoms with Gasteiger partial charge in [-0.05, 0) is 49.9 Å². The molecule has 0 spiro atoms. The monoisotopic (exact) mass is 234 g/mol. The highest BCUT2D eigenvalue weighted by Crippen LogP contribution is 2.18. The lowest BCUT2D eigenvalue weighted by atomic mass is 10.00. The summed E-state index contributed by atoms with van der Waals surface area (Å²) in [5, 5.41) is 3.61. The molecule has 3 nitrogen and oxygen atoms in total. The van der Waals surface area contributed by atoms with Crippen LogP contribution in [0.1, 0.15) is 31.7 Å². The number of hydrogen-bond donors (Lipinski definition) is 1. The molecule has 1 N–H and O–H groups in total. The van der Waals surface area contributed by atoms with Crippen LogP contribution in [0, 0.1) is 0 Å². The van der Waals surface area contributed by atoms with E-state index in [2.05, 4.69) is 29.4 Å². The third kappa shape index (κ3) is 3.79. The standard InChI is InChI=1S/C14H22N2O/c1-2-7-16-13(14-4-3-10-17-14)11-12-5-8-15-9-6-12/h5-6,8-9,13-14,16H,2-4,7,10-11H2,1H3. The van der Waals surface area contributed by atoms with Crippen molar-refractivity contribution in [2.75, 3.05) is 13.2 Å². The van der Waals surface area contributed by atoms with Crippen molar-refractivity contribution < 1.29 is 4.74 Å². The quantitative estimate of drug-likeness (QED) is 0.819. The van der Waals surface area contributed by atoms with E-state index in [0.29, 0.717) is 12.1 Å². The molecule has 94 valence electrons. The van der Waals surface area contributed by atoms with Crippen LogP contribution in [0.3, 0.4) is 0 Å². The molecule has 2 heterocycles. The smallest absolute Gasteiger partial charge is 0.0732 e. The second kappa shape index (κ2) is 6.72. The Morgan fingerprint density at radius 3 is 2.94 bits per heavy atom. The van der Waals surface area contributed by atoms with Crippen LogP contribution >= 0.6 is 0 Å². The summed E-state index contributed by atoms with van der Waals surface area (Å²) in [5.74, 6) is 0. The molecule has 2 rings (SSSR count). The van der Waals surface area contributed by atoms with Crippen molar-refractivity contribution in [1.29, 1.82) is 0 Å². The zero-order valence-corrected chi connectivity index (χ0v) is 10.6. The summed E-state index contributed by atoms with van der Waals surface area (Å²) in [7, 11) is 0. The van der Waals surface area contributed by atoms with Crippen molar-refractivity contribution in [3.63, 3.8) is 0 Å². The maximum absolute atomic E-state index is 5.81. The summed E-state index contributed by atoms with van der Waals surface area (Å²) >= 11 is 0. The van der Waals surface area contributed by atoms with Gasteiger partial charge in [0, 0.05) is 25.0 Å². The van der Waals surface area contributed by atoms with Gasteiger partial charge in [-0.1, -0.05) is 6.92 Å². The van der Waals surface area contributed by atoms with E-state index in [1.165, 1.54) is 24.8 Å². The molecule has 0 aliphatic carbocycles. The van der Waals surface area contributed by atoms with Crippen LogP contribution in [-0.2, 0) is 11.2 Å². The molecule has 0 amide bonds. The predicted molar refractivity (Wildman–Crippen MR) is 69.0 cm³/mol. The first-order valence-electron chi connectivity index (χ1n) is 6.64. The van der Waals surface area contributed by atoms with Gasteiger partial charge in [0.05, 0.1) is 6.10 Å². The van der Waals surface area contributed by atoms with E-state index in [-0.39, 0.29) is 0 Å². The lowest BCUT2D eigenvalue weighted by molar-refractivity contribution is 0.0784. The summed E-state index contributed by atoms with van der Waals surface area (Å²) in [5.41, 5.74) is 1.34. The highest BCUT2D eigenvalue weighted by molar-refractivity contribution is 5.12. The molecule has 1 aromatic rings. The van der Waals surface area contributed by atoms with E-state index >= 15 is 0 Å². The highest BCUT2D eigenvalue weighted by Gasteiger charge is 2.25. The average molecular weight is 234 g/mol. The van der Waals surface area contributed by atoms with Gasteiger partial charge in [-0.25, -0.2) is 0 Å². The van der Waals surface area contributed by atoms with E-state index in [0.717, 1.165) is 19.6 Å². The minimum atomic E-state index is 0.384. The van der Waals surface area contributed by atoms with E-state index in [4.69, 9.17) is 4.74 Å². The second-order valence-electron chi connectivity index (χ2n) is 4.67. The van der Waals surface area contributed by atoms with Crippen molar-refractivity contribution in [2.45, 2.75) is 44.8 Å². The molecule has 1 aliphatic rings. The van der Waals surface area contributed by atoms with E-state index in [1.54, 1.807) is 0 Å². The SMILES string of the molecule is CCCNC(Cc1ccncc1)C1CCCO1. The molecule has 0 aromatic carbocycles. The van der Waals surface area contributed by atoms with E-state index in [9.17, 15) is 0 Å². The maximum atomic E-state index is 5.81. The molecule has 0 saturated carbocycles. The van der Waals surface area contributed by atoms with Crippen molar-refractivity contribution in [3.05, 3.63) is 30.1 Å². The predicted octanol–water partition coefficient (Wildman–Crippen LogP) is 2.17. The second-order valence-corrected chi connectivity index (χ2v) is 4.67. The van der Waals surface area contributed by atoms with Gasteiger partial charge in [0.25, 0.3) is 0 Å². The van der Waals surface area contributed by atoms with Crippen LogP contribution < -0.4 is 5.32 Å². The molecule has 0 radical (unpaired) electrons. The summed E-state index contributed by atoms with van der Waals surface area (Å²) in [6.07, 6.45) is 8.70. The fourth-order valence-corrected chi connectivity index (χ4v) is 2.36. The minimum Gasteiger partial charge on any atom is -0.377 e. The van der Waals surface area contributed by atoms with Crippen molar-refractivity contribution >= 4 is 0 Å². The van der Waals surface area contributed by atoms with Gasteiger partial charge in [-0.3, -0.25) is 4.98 Å². The van der Waals surface area contributed by atoms with Gasteiger partial charge in [0.1, 0.15) is 0 Å². The first-order chi connectivity index (χ1) is 8.40. The number of nitrogens with zero attached hydrogens (tertiary/aromatic N) is 1. The van der Waals surface area contributed by atoms with Crippen molar-refractivity contribution in [2.24, 2.45) is 0 Å². The zero-order chi connectivity index (χ0) is 11.9. The fraction of sp³-hybridized carbons (Fsp3) is 0.643. The lowest BCUT2D eigenvalue weighted by Gasteiger charge is -2.24. The van der Waals surface area contributed by atoms with Gasteiger partial charge in [0.2, 0.25) is 0 Å².